The molecular weight excluding hydrogens is 433 g/mol. The summed E-state index contributed by atoms with van der Waals surface area (Å²) in [5, 5.41) is 9.99. The van der Waals surface area contributed by atoms with Crippen molar-refractivity contribution >= 4 is 41.3 Å². The first kappa shape index (κ1) is 21.6. The Labute approximate surface area is 167 Å². The molecule has 1 aliphatic rings. The predicted octanol–water partition coefficient (Wildman–Crippen LogP) is 3.43. The Morgan fingerprint density at radius 3 is 2.67 bits per heavy atom. The van der Waals surface area contributed by atoms with Crippen LogP contribution in [-0.4, -0.2) is 48.6 Å². The molecule has 0 bridgehead atoms. The van der Waals surface area contributed by atoms with E-state index in [1.807, 2.05) is 0 Å². The van der Waals surface area contributed by atoms with Crippen LogP contribution in [0.25, 0.3) is 0 Å². The second-order valence-corrected chi connectivity index (χ2v) is 7.29. The molecule has 1 aliphatic heterocycles. The number of hydrogen-bond donors (Lipinski definition) is 2. The normalized spacial score (nSPS) is 16.1. The predicted molar refractivity (Wildman–Crippen MR) is 115 cm³/mol. The highest BCUT2D eigenvalue weighted by atomic mass is 127. The van der Waals surface area contributed by atoms with Gasteiger partial charge in [0, 0.05) is 25.0 Å². The van der Waals surface area contributed by atoms with Crippen molar-refractivity contribution < 1.29 is 0 Å². The molecule has 138 valence electrons. The molecule has 5 nitrogen and oxygen atoms in total. The number of halogens is 1. The van der Waals surface area contributed by atoms with Gasteiger partial charge in [0.05, 0.1) is 12.2 Å². The van der Waals surface area contributed by atoms with Crippen LogP contribution < -0.4 is 10.6 Å². The number of hydrogen-bond acceptors (Lipinski definition) is 4. The average Bonchev–Trinajstić information content (AvgIpc) is 3.03. The van der Waals surface area contributed by atoms with Crippen molar-refractivity contribution in [3.05, 3.63) is 16.1 Å². The van der Waals surface area contributed by atoms with E-state index in [-0.39, 0.29) is 24.0 Å². The summed E-state index contributed by atoms with van der Waals surface area (Å²) in [4.78, 5) is 11.8. The Hall–Kier alpha value is -0.410. The number of thiazole rings is 1. The van der Waals surface area contributed by atoms with Gasteiger partial charge in [0.1, 0.15) is 5.01 Å². The van der Waals surface area contributed by atoms with Crippen molar-refractivity contribution in [1.82, 2.24) is 20.5 Å². The fraction of sp³-hybridized carbons (Fsp3) is 0.765. The van der Waals surface area contributed by atoms with Crippen LogP contribution in [0.5, 0.6) is 0 Å². The third-order valence-corrected chi connectivity index (χ3v) is 4.90. The monoisotopic (exact) mass is 465 g/mol. The second kappa shape index (κ2) is 12.0. The molecule has 1 saturated heterocycles. The third-order valence-electron chi connectivity index (χ3n) is 4.05. The van der Waals surface area contributed by atoms with Gasteiger partial charge in [-0.1, -0.05) is 20.3 Å². The van der Waals surface area contributed by atoms with Gasteiger partial charge in [-0.05, 0) is 38.8 Å². The first-order valence-electron chi connectivity index (χ1n) is 8.88. The first-order valence-corrected chi connectivity index (χ1v) is 9.76. The number of likely N-dealkylation sites (tertiary alicyclic amines) is 1. The summed E-state index contributed by atoms with van der Waals surface area (Å²) >= 11 is 1.70. The summed E-state index contributed by atoms with van der Waals surface area (Å²) in [7, 11) is 0. The van der Waals surface area contributed by atoms with E-state index in [9.17, 15) is 0 Å². The number of nitrogens with zero attached hydrogens (tertiary/aromatic N) is 3. The zero-order chi connectivity index (χ0) is 16.5. The fourth-order valence-corrected chi connectivity index (χ4v) is 3.55. The Bertz CT molecular complexity index is 483. The van der Waals surface area contributed by atoms with E-state index in [0.717, 1.165) is 30.6 Å². The summed E-state index contributed by atoms with van der Waals surface area (Å²) in [5.41, 5.74) is 1.17. The van der Waals surface area contributed by atoms with Gasteiger partial charge in [-0.3, -0.25) is 0 Å². The van der Waals surface area contributed by atoms with Crippen molar-refractivity contribution in [2.45, 2.75) is 52.5 Å². The Morgan fingerprint density at radius 2 is 2.04 bits per heavy atom. The van der Waals surface area contributed by atoms with Gasteiger partial charge in [0.15, 0.2) is 5.96 Å². The minimum atomic E-state index is 0. The van der Waals surface area contributed by atoms with E-state index >= 15 is 0 Å². The smallest absolute Gasteiger partial charge is 0.191 e. The molecule has 1 aromatic heterocycles. The zero-order valence-corrected chi connectivity index (χ0v) is 18.3. The third kappa shape index (κ3) is 7.65. The maximum absolute atomic E-state index is 4.66. The molecule has 0 unspecified atom stereocenters. The lowest BCUT2D eigenvalue weighted by Crippen LogP contribution is -2.42. The summed E-state index contributed by atoms with van der Waals surface area (Å²) in [6.45, 7) is 12.5. The molecule has 2 rings (SSSR count). The fourth-order valence-electron chi connectivity index (χ4n) is 2.67. The molecular formula is C17H32IN5S. The van der Waals surface area contributed by atoms with Gasteiger partial charge >= 0.3 is 0 Å². The van der Waals surface area contributed by atoms with E-state index in [1.54, 1.807) is 11.3 Å². The molecule has 0 spiro atoms. The van der Waals surface area contributed by atoms with Gasteiger partial charge in [-0.15, -0.1) is 35.3 Å². The van der Waals surface area contributed by atoms with Crippen LogP contribution in [0.1, 0.15) is 56.7 Å². The maximum Gasteiger partial charge on any atom is 0.191 e. The van der Waals surface area contributed by atoms with Crippen LogP contribution in [0.2, 0.25) is 0 Å². The maximum atomic E-state index is 4.66. The topological polar surface area (TPSA) is 52.6 Å². The lowest BCUT2D eigenvalue weighted by molar-refractivity contribution is 0.232. The molecule has 1 aromatic rings. The number of aliphatic imine (C=N–C) groups is 1. The van der Waals surface area contributed by atoms with E-state index < -0.39 is 0 Å². The highest BCUT2D eigenvalue weighted by molar-refractivity contribution is 14.0. The molecule has 2 heterocycles. The summed E-state index contributed by atoms with van der Waals surface area (Å²) in [6.07, 6.45) is 4.08. The minimum absolute atomic E-state index is 0. The van der Waals surface area contributed by atoms with Crippen LogP contribution in [0.3, 0.4) is 0 Å². The van der Waals surface area contributed by atoms with Crippen LogP contribution in [-0.2, 0) is 6.54 Å². The van der Waals surface area contributed by atoms with Crippen molar-refractivity contribution in [3.63, 3.8) is 0 Å². The number of guanidine groups is 1. The lowest BCUT2D eigenvalue weighted by atomic mass is 10.1. The molecule has 1 fully saturated rings. The van der Waals surface area contributed by atoms with Crippen molar-refractivity contribution in [2.75, 3.05) is 32.7 Å². The summed E-state index contributed by atoms with van der Waals surface area (Å²) in [5.74, 6) is 1.38. The molecule has 0 amide bonds. The van der Waals surface area contributed by atoms with Gasteiger partial charge in [-0.25, -0.2) is 9.98 Å². The number of piperidine rings is 1. The summed E-state index contributed by atoms with van der Waals surface area (Å²) < 4.78 is 0. The largest absolute Gasteiger partial charge is 0.357 e. The number of nitrogens with one attached hydrogen (secondary N) is 2. The second-order valence-electron chi connectivity index (χ2n) is 6.35. The van der Waals surface area contributed by atoms with Gasteiger partial charge in [0.2, 0.25) is 0 Å². The molecule has 0 radical (unpaired) electrons. The minimum Gasteiger partial charge on any atom is -0.357 e. The number of aromatic nitrogens is 1. The van der Waals surface area contributed by atoms with E-state index in [4.69, 9.17) is 0 Å². The van der Waals surface area contributed by atoms with Crippen molar-refractivity contribution in [3.8, 4) is 0 Å². The van der Waals surface area contributed by atoms with Crippen LogP contribution in [0.15, 0.2) is 10.4 Å². The molecule has 0 saturated carbocycles. The summed E-state index contributed by atoms with van der Waals surface area (Å²) in [6, 6.07) is 0. The van der Waals surface area contributed by atoms with Gasteiger partial charge in [-0.2, -0.15) is 0 Å². The Morgan fingerprint density at radius 1 is 1.29 bits per heavy atom. The lowest BCUT2D eigenvalue weighted by Gasteiger charge is -2.26. The first-order chi connectivity index (χ1) is 11.2. The highest BCUT2D eigenvalue weighted by Gasteiger charge is 2.09. The van der Waals surface area contributed by atoms with E-state index in [2.05, 4.69) is 51.7 Å². The molecule has 0 atom stereocenters. The van der Waals surface area contributed by atoms with Crippen molar-refractivity contribution in [2.24, 2.45) is 4.99 Å². The zero-order valence-electron chi connectivity index (χ0n) is 15.2. The Balaban J connectivity index is 0.00000288. The molecule has 0 aromatic carbocycles. The van der Waals surface area contributed by atoms with Gasteiger partial charge in [0.25, 0.3) is 0 Å². The van der Waals surface area contributed by atoms with Crippen LogP contribution >= 0.6 is 35.3 Å². The molecule has 2 N–H and O–H groups in total. The van der Waals surface area contributed by atoms with Crippen LogP contribution in [0.4, 0.5) is 0 Å². The highest BCUT2D eigenvalue weighted by Crippen LogP contribution is 2.18. The molecule has 0 aliphatic carbocycles. The van der Waals surface area contributed by atoms with E-state index in [0.29, 0.717) is 12.5 Å². The van der Waals surface area contributed by atoms with Crippen LogP contribution in [0, 0.1) is 0 Å². The standard InChI is InChI=1S/C17H31N5S.HI/c1-4-18-17(19-8-11-22-9-6-5-7-10-22)20-12-16-21-15(13-23-16)14(2)3;/h13-14H,4-12H2,1-3H3,(H2,18,19,20);1H. The average molecular weight is 465 g/mol. The Kier molecular flexibility index (Phi) is 10.8. The SMILES string of the molecule is CCNC(=NCc1nc(C(C)C)cs1)NCCN1CCCCC1.I. The number of rotatable bonds is 7. The molecule has 24 heavy (non-hydrogen) atoms. The quantitative estimate of drug-likeness (QED) is 0.368. The van der Waals surface area contributed by atoms with Crippen molar-refractivity contribution in [1.29, 1.82) is 0 Å². The van der Waals surface area contributed by atoms with E-state index in [1.165, 1.54) is 38.0 Å². The van der Waals surface area contributed by atoms with Gasteiger partial charge < -0.3 is 15.5 Å². The molecule has 7 heteroatoms.